The van der Waals surface area contributed by atoms with E-state index in [1.165, 1.54) is 19.3 Å². The molecular formula is C10H19NO2. The van der Waals surface area contributed by atoms with Crippen LogP contribution < -0.4 is 0 Å². The summed E-state index contributed by atoms with van der Waals surface area (Å²) in [6.07, 6.45) is 4.45. The van der Waals surface area contributed by atoms with E-state index in [0.717, 1.165) is 12.6 Å². The molecule has 0 aromatic rings. The van der Waals surface area contributed by atoms with Gasteiger partial charge in [0.25, 0.3) is 0 Å². The van der Waals surface area contributed by atoms with E-state index in [9.17, 15) is 4.79 Å². The molecule has 0 bridgehead atoms. The van der Waals surface area contributed by atoms with Crippen molar-refractivity contribution in [2.75, 3.05) is 20.2 Å². The van der Waals surface area contributed by atoms with Gasteiger partial charge in [-0.2, -0.15) is 0 Å². The Bertz CT molecular complexity index is 166. The molecule has 0 aliphatic heterocycles. The second-order valence-electron chi connectivity index (χ2n) is 3.62. The van der Waals surface area contributed by atoms with E-state index in [4.69, 9.17) is 4.74 Å². The Morgan fingerprint density at radius 3 is 2.69 bits per heavy atom. The third-order valence-corrected chi connectivity index (χ3v) is 2.67. The number of esters is 1. The van der Waals surface area contributed by atoms with Crippen molar-refractivity contribution < 1.29 is 9.53 Å². The molecule has 0 aromatic heterocycles. The number of hydrogen-bond acceptors (Lipinski definition) is 3. The van der Waals surface area contributed by atoms with Crippen molar-refractivity contribution in [1.82, 2.24) is 4.90 Å². The van der Waals surface area contributed by atoms with Crippen molar-refractivity contribution in [3.8, 4) is 0 Å². The Labute approximate surface area is 80.1 Å². The van der Waals surface area contributed by atoms with Crippen LogP contribution in [0.2, 0.25) is 0 Å². The molecular weight excluding hydrogens is 166 g/mol. The first kappa shape index (κ1) is 10.5. The van der Waals surface area contributed by atoms with Gasteiger partial charge in [0.15, 0.2) is 0 Å². The lowest BCUT2D eigenvalue weighted by Crippen LogP contribution is -2.38. The quantitative estimate of drug-likeness (QED) is 0.607. The van der Waals surface area contributed by atoms with Gasteiger partial charge in [0.1, 0.15) is 0 Å². The maximum Gasteiger partial charge on any atom is 0.307 e. The Morgan fingerprint density at radius 1 is 1.54 bits per heavy atom. The van der Waals surface area contributed by atoms with Gasteiger partial charge in [-0.3, -0.25) is 4.79 Å². The molecule has 3 nitrogen and oxygen atoms in total. The van der Waals surface area contributed by atoms with Gasteiger partial charge in [-0.15, -0.1) is 0 Å². The fourth-order valence-electron chi connectivity index (χ4n) is 1.51. The Balaban J connectivity index is 2.06. The first-order valence-electron chi connectivity index (χ1n) is 5.10. The van der Waals surface area contributed by atoms with Crippen molar-refractivity contribution in [1.29, 1.82) is 0 Å². The summed E-state index contributed by atoms with van der Waals surface area (Å²) in [5.41, 5.74) is 0. The maximum absolute atomic E-state index is 11.0. The number of nitrogens with zero attached hydrogens (tertiary/aromatic N) is 1. The average molecular weight is 185 g/mol. The molecule has 76 valence electrons. The fraction of sp³-hybridized carbons (Fsp3) is 0.900. The lowest BCUT2D eigenvalue weighted by molar-refractivity contribution is -0.143. The molecule has 13 heavy (non-hydrogen) atoms. The highest BCUT2D eigenvalue weighted by atomic mass is 16.5. The van der Waals surface area contributed by atoms with Crippen LogP contribution in [0.15, 0.2) is 0 Å². The zero-order chi connectivity index (χ0) is 9.68. The highest BCUT2D eigenvalue weighted by Gasteiger charge is 2.21. The van der Waals surface area contributed by atoms with E-state index in [-0.39, 0.29) is 5.97 Å². The van der Waals surface area contributed by atoms with Gasteiger partial charge in [-0.25, -0.2) is 0 Å². The summed E-state index contributed by atoms with van der Waals surface area (Å²) in [5.74, 6) is -0.0753. The molecule has 0 heterocycles. The van der Waals surface area contributed by atoms with Gasteiger partial charge in [0.2, 0.25) is 0 Å². The Kier molecular flexibility index (Phi) is 4.22. The topological polar surface area (TPSA) is 29.5 Å². The number of hydrogen-bond donors (Lipinski definition) is 0. The van der Waals surface area contributed by atoms with Gasteiger partial charge in [0.05, 0.1) is 13.0 Å². The van der Waals surface area contributed by atoms with Crippen LogP contribution >= 0.6 is 0 Å². The summed E-state index contributed by atoms with van der Waals surface area (Å²) in [6, 6.07) is 0.717. The molecule has 0 aromatic carbocycles. The second-order valence-corrected chi connectivity index (χ2v) is 3.62. The molecule has 1 aliphatic carbocycles. The molecule has 1 aliphatic rings. The standard InChI is InChI=1S/C10H19NO2/c1-3-13-10(12)7-8-11(2)9-5-4-6-9/h9H,3-8H2,1-2H3. The van der Waals surface area contributed by atoms with E-state index in [1.54, 1.807) is 0 Å². The molecule has 0 spiro atoms. The zero-order valence-electron chi connectivity index (χ0n) is 8.58. The van der Waals surface area contributed by atoms with Crippen molar-refractivity contribution in [2.24, 2.45) is 0 Å². The third-order valence-electron chi connectivity index (χ3n) is 2.67. The summed E-state index contributed by atoms with van der Waals surface area (Å²) in [7, 11) is 2.09. The molecule has 0 N–H and O–H groups in total. The normalized spacial score (nSPS) is 17.2. The van der Waals surface area contributed by atoms with Crippen LogP contribution in [0.5, 0.6) is 0 Å². The van der Waals surface area contributed by atoms with Gasteiger partial charge < -0.3 is 9.64 Å². The van der Waals surface area contributed by atoms with Gasteiger partial charge >= 0.3 is 5.97 Å². The zero-order valence-corrected chi connectivity index (χ0v) is 8.58. The minimum Gasteiger partial charge on any atom is -0.466 e. The predicted molar refractivity (Wildman–Crippen MR) is 51.5 cm³/mol. The summed E-state index contributed by atoms with van der Waals surface area (Å²) >= 11 is 0. The molecule has 0 amide bonds. The van der Waals surface area contributed by atoms with Crippen LogP contribution in [0.1, 0.15) is 32.6 Å². The summed E-state index contributed by atoms with van der Waals surface area (Å²) in [6.45, 7) is 3.17. The molecule has 1 rings (SSSR count). The minimum atomic E-state index is -0.0753. The summed E-state index contributed by atoms with van der Waals surface area (Å²) in [5, 5.41) is 0. The second kappa shape index (κ2) is 5.22. The van der Waals surface area contributed by atoms with Crippen LogP contribution in [-0.2, 0) is 9.53 Å². The SMILES string of the molecule is CCOC(=O)CCN(C)C1CCC1. The largest absolute Gasteiger partial charge is 0.466 e. The minimum absolute atomic E-state index is 0.0753. The Morgan fingerprint density at radius 2 is 2.23 bits per heavy atom. The Hall–Kier alpha value is -0.570. The summed E-state index contributed by atoms with van der Waals surface area (Å²) in [4.78, 5) is 13.3. The molecule has 1 saturated carbocycles. The van der Waals surface area contributed by atoms with Crippen molar-refractivity contribution in [2.45, 2.75) is 38.6 Å². The maximum atomic E-state index is 11.0. The number of carbonyl (C=O) groups is 1. The molecule has 0 atom stereocenters. The van der Waals surface area contributed by atoms with Crippen LogP contribution in [0.25, 0.3) is 0 Å². The van der Waals surface area contributed by atoms with Crippen molar-refractivity contribution in [3.05, 3.63) is 0 Å². The number of carbonyl (C=O) groups excluding carboxylic acids is 1. The van der Waals surface area contributed by atoms with Gasteiger partial charge in [-0.05, 0) is 26.8 Å². The van der Waals surface area contributed by atoms with Crippen LogP contribution in [0.4, 0.5) is 0 Å². The molecule has 0 radical (unpaired) electrons. The van der Waals surface area contributed by atoms with E-state index >= 15 is 0 Å². The van der Waals surface area contributed by atoms with Crippen molar-refractivity contribution >= 4 is 5.97 Å². The smallest absolute Gasteiger partial charge is 0.307 e. The first-order chi connectivity index (χ1) is 6.24. The van der Waals surface area contributed by atoms with E-state index < -0.39 is 0 Å². The number of rotatable bonds is 5. The van der Waals surface area contributed by atoms with E-state index in [1.807, 2.05) is 6.92 Å². The van der Waals surface area contributed by atoms with E-state index in [2.05, 4.69) is 11.9 Å². The third kappa shape index (κ3) is 3.35. The lowest BCUT2D eigenvalue weighted by atomic mass is 9.92. The van der Waals surface area contributed by atoms with E-state index in [0.29, 0.717) is 13.0 Å². The predicted octanol–water partition coefficient (Wildman–Crippen LogP) is 1.42. The van der Waals surface area contributed by atoms with Crippen LogP contribution in [0, 0.1) is 0 Å². The highest BCUT2D eigenvalue weighted by molar-refractivity contribution is 5.69. The number of ether oxygens (including phenoxy) is 1. The molecule has 0 saturated heterocycles. The fourth-order valence-corrected chi connectivity index (χ4v) is 1.51. The van der Waals surface area contributed by atoms with Crippen molar-refractivity contribution in [3.63, 3.8) is 0 Å². The van der Waals surface area contributed by atoms with Crippen LogP contribution in [-0.4, -0.2) is 37.1 Å². The van der Waals surface area contributed by atoms with Crippen LogP contribution in [0.3, 0.4) is 0 Å². The van der Waals surface area contributed by atoms with Gasteiger partial charge in [-0.1, -0.05) is 6.42 Å². The summed E-state index contributed by atoms with van der Waals surface area (Å²) < 4.78 is 4.86. The highest BCUT2D eigenvalue weighted by Crippen LogP contribution is 2.23. The molecule has 3 heteroatoms. The lowest BCUT2D eigenvalue weighted by Gasteiger charge is -2.34. The molecule has 0 unspecified atom stereocenters. The average Bonchev–Trinajstić information content (AvgIpc) is 1.98. The van der Waals surface area contributed by atoms with Gasteiger partial charge in [0, 0.05) is 12.6 Å². The first-order valence-corrected chi connectivity index (χ1v) is 5.10. The monoisotopic (exact) mass is 185 g/mol. The molecule has 1 fully saturated rings.